The van der Waals surface area contributed by atoms with E-state index in [1.54, 1.807) is 6.92 Å². The van der Waals surface area contributed by atoms with Gasteiger partial charge in [-0.05, 0) is 18.9 Å². The Hall–Kier alpha value is -0.544. The Morgan fingerprint density at radius 2 is 1.88 bits per heavy atom. The molecule has 0 amide bonds. The molecule has 86 valence electrons. The van der Waals surface area contributed by atoms with E-state index in [-0.39, 0.29) is 23.1 Å². The monoisotopic (exact) mass is 232 g/mol. The van der Waals surface area contributed by atoms with E-state index in [0.717, 1.165) is 18.4 Å². The van der Waals surface area contributed by atoms with Crippen LogP contribution in [0.25, 0.3) is 0 Å². The van der Waals surface area contributed by atoms with E-state index in [1.165, 1.54) is 0 Å². The lowest BCUT2D eigenvalue weighted by Gasteiger charge is -2.25. The number of hydrogen-bond donors (Lipinski definition) is 1. The SMILES string of the molecule is CCCCC(C)(C(=O)O)c1ccccc1.[MgH2]. The summed E-state index contributed by atoms with van der Waals surface area (Å²) in [5.41, 5.74) is 0.156. The topological polar surface area (TPSA) is 37.3 Å². The highest BCUT2D eigenvalue weighted by atomic mass is 24.3. The van der Waals surface area contributed by atoms with Gasteiger partial charge in [-0.1, -0.05) is 50.1 Å². The molecule has 16 heavy (non-hydrogen) atoms. The van der Waals surface area contributed by atoms with E-state index < -0.39 is 11.4 Å². The zero-order chi connectivity index (χ0) is 11.3. The molecular weight excluding hydrogens is 212 g/mol. The maximum atomic E-state index is 11.3. The lowest BCUT2D eigenvalue weighted by atomic mass is 9.78. The van der Waals surface area contributed by atoms with Crippen LogP contribution in [-0.4, -0.2) is 34.1 Å². The zero-order valence-corrected chi connectivity index (χ0v) is 9.36. The molecule has 3 heteroatoms. The van der Waals surface area contributed by atoms with Gasteiger partial charge in [0, 0.05) is 0 Å². The van der Waals surface area contributed by atoms with Crippen LogP contribution in [0, 0.1) is 0 Å². The van der Waals surface area contributed by atoms with Crippen molar-refractivity contribution in [3.63, 3.8) is 0 Å². The number of carboxylic acid groups (broad SMARTS) is 1. The van der Waals surface area contributed by atoms with Crippen molar-refractivity contribution in [2.45, 2.75) is 38.5 Å². The molecule has 0 saturated carbocycles. The molecule has 1 rings (SSSR count). The summed E-state index contributed by atoms with van der Waals surface area (Å²) < 4.78 is 0. The highest BCUT2D eigenvalue weighted by Crippen LogP contribution is 2.29. The van der Waals surface area contributed by atoms with Gasteiger partial charge in [-0.2, -0.15) is 0 Å². The molecule has 0 spiro atoms. The molecule has 0 heterocycles. The minimum atomic E-state index is -0.739. The molecule has 1 atom stereocenters. The van der Waals surface area contributed by atoms with Gasteiger partial charge in [0.05, 0.1) is 5.41 Å². The van der Waals surface area contributed by atoms with Crippen molar-refractivity contribution in [3.8, 4) is 0 Å². The van der Waals surface area contributed by atoms with Crippen LogP contribution in [-0.2, 0) is 10.2 Å². The van der Waals surface area contributed by atoms with Crippen LogP contribution in [0.2, 0.25) is 0 Å². The van der Waals surface area contributed by atoms with Crippen molar-refractivity contribution < 1.29 is 9.90 Å². The van der Waals surface area contributed by atoms with Crippen molar-refractivity contribution in [2.75, 3.05) is 0 Å². The molecule has 0 aliphatic rings. The second kappa shape index (κ2) is 6.91. The number of hydrogen-bond acceptors (Lipinski definition) is 1. The van der Waals surface area contributed by atoms with Crippen molar-refractivity contribution in [3.05, 3.63) is 35.9 Å². The molecule has 1 N–H and O–H groups in total. The molecular formula is C13H20MgO2. The summed E-state index contributed by atoms with van der Waals surface area (Å²) in [6.45, 7) is 3.88. The minimum Gasteiger partial charge on any atom is -0.481 e. The van der Waals surface area contributed by atoms with Gasteiger partial charge in [0.2, 0.25) is 0 Å². The smallest absolute Gasteiger partial charge is 0.316 e. The summed E-state index contributed by atoms with van der Waals surface area (Å²) in [5, 5.41) is 9.31. The van der Waals surface area contributed by atoms with Crippen LogP contribution in [0.5, 0.6) is 0 Å². The summed E-state index contributed by atoms with van der Waals surface area (Å²) in [6, 6.07) is 9.48. The maximum Gasteiger partial charge on any atom is 0.316 e. The van der Waals surface area contributed by atoms with Gasteiger partial charge >= 0.3 is 29.0 Å². The van der Waals surface area contributed by atoms with Crippen LogP contribution in [0.1, 0.15) is 38.7 Å². The van der Waals surface area contributed by atoms with Crippen LogP contribution in [0.15, 0.2) is 30.3 Å². The highest BCUT2D eigenvalue weighted by molar-refractivity contribution is 5.80. The molecule has 1 unspecified atom stereocenters. The molecule has 1 aromatic rings. The fraction of sp³-hybridized carbons (Fsp3) is 0.462. The van der Waals surface area contributed by atoms with Crippen LogP contribution >= 0.6 is 0 Å². The summed E-state index contributed by atoms with van der Waals surface area (Å²) in [5.74, 6) is -0.734. The Kier molecular flexibility index (Phi) is 6.68. The second-order valence-corrected chi connectivity index (χ2v) is 4.11. The third-order valence-corrected chi connectivity index (χ3v) is 2.91. The van der Waals surface area contributed by atoms with Crippen molar-refractivity contribution in [1.82, 2.24) is 0 Å². The quantitative estimate of drug-likeness (QED) is 0.791. The fourth-order valence-corrected chi connectivity index (χ4v) is 1.71. The molecule has 0 aromatic heterocycles. The van der Waals surface area contributed by atoms with Crippen LogP contribution in [0.3, 0.4) is 0 Å². The van der Waals surface area contributed by atoms with Crippen LogP contribution in [0.4, 0.5) is 0 Å². The van der Waals surface area contributed by atoms with Crippen LogP contribution < -0.4 is 0 Å². The van der Waals surface area contributed by atoms with Gasteiger partial charge in [-0.25, -0.2) is 0 Å². The Bertz CT molecular complexity index is 324. The van der Waals surface area contributed by atoms with E-state index >= 15 is 0 Å². The number of aliphatic carboxylic acids is 1. The molecule has 0 radical (unpaired) electrons. The number of rotatable bonds is 5. The van der Waals surface area contributed by atoms with Gasteiger partial charge in [-0.3, -0.25) is 4.79 Å². The van der Waals surface area contributed by atoms with Gasteiger partial charge in [-0.15, -0.1) is 0 Å². The fourth-order valence-electron chi connectivity index (χ4n) is 1.71. The van der Waals surface area contributed by atoms with Gasteiger partial charge in [0.1, 0.15) is 0 Å². The summed E-state index contributed by atoms with van der Waals surface area (Å²) in [4.78, 5) is 11.3. The first kappa shape index (κ1) is 15.5. The second-order valence-electron chi connectivity index (χ2n) is 4.11. The molecule has 2 nitrogen and oxygen atoms in total. The predicted molar refractivity (Wildman–Crippen MR) is 69.5 cm³/mol. The summed E-state index contributed by atoms with van der Waals surface area (Å²) in [7, 11) is 0. The number of unbranched alkanes of at least 4 members (excludes halogenated alkanes) is 1. The lowest BCUT2D eigenvalue weighted by molar-refractivity contribution is -0.143. The third-order valence-electron chi connectivity index (χ3n) is 2.91. The highest BCUT2D eigenvalue weighted by Gasteiger charge is 2.33. The van der Waals surface area contributed by atoms with Gasteiger partial charge in [0.25, 0.3) is 0 Å². The predicted octanol–water partition coefficient (Wildman–Crippen LogP) is 2.30. The molecule has 0 saturated heterocycles. The standard InChI is InChI=1S/C13H18O2.Mg.2H/c1-3-4-10-13(2,12(14)15)11-8-6-5-7-9-11;;;/h5-9H,3-4,10H2,1-2H3,(H,14,15);;;. The van der Waals surface area contributed by atoms with Gasteiger partial charge in [0.15, 0.2) is 0 Å². The normalized spacial score (nSPS) is 13.6. The number of benzene rings is 1. The first-order valence-electron chi connectivity index (χ1n) is 5.40. The van der Waals surface area contributed by atoms with E-state index in [1.807, 2.05) is 30.3 Å². The Morgan fingerprint density at radius 1 is 1.31 bits per heavy atom. The van der Waals surface area contributed by atoms with E-state index in [0.29, 0.717) is 6.42 Å². The largest absolute Gasteiger partial charge is 0.481 e. The first-order valence-corrected chi connectivity index (χ1v) is 5.40. The van der Waals surface area contributed by atoms with E-state index in [4.69, 9.17) is 0 Å². The van der Waals surface area contributed by atoms with Crippen molar-refractivity contribution in [1.29, 1.82) is 0 Å². The Morgan fingerprint density at radius 3 is 2.31 bits per heavy atom. The molecule has 0 fully saturated rings. The minimum absolute atomic E-state index is 0. The van der Waals surface area contributed by atoms with Crippen molar-refractivity contribution in [2.24, 2.45) is 0 Å². The van der Waals surface area contributed by atoms with E-state index in [9.17, 15) is 9.90 Å². The average molecular weight is 233 g/mol. The molecule has 0 bridgehead atoms. The maximum absolute atomic E-state index is 11.3. The Labute approximate surface area is 113 Å². The molecule has 0 aliphatic carbocycles. The number of carbonyl (C=O) groups is 1. The van der Waals surface area contributed by atoms with Gasteiger partial charge < -0.3 is 5.11 Å². The lowest BCUT2D eigenvalue weighted by Crippen LogP contribution is -2.32. The summed E-state index contributed by atoms with van der Waals surface area (Å²) in [6.07, 6.45) is 2.66. The van der Waals surface area contributed by atoms with E-state index in [2.05, 4.69) is 6.92 Å². The number of carboxylic acids is 1. The molecule has 1 aromatic carbocycles. The Balaban J connectivity index is 0.00000225. The zero-order valence-electron chi connectivity index (χ0n) is 9.36. The average Bonchev–Trinajstić information content (AvgIpc) is 2.27. The summed E-state index contributed by atoms with van der Waals surface area (Å²) >= 11 is 0. The molecule has 0 aliphatic heterocycles. The third kappa shape index (κ3) is 3.49. The first-order chi connectivity index (χ1) is 7.11. The van der Waals surface area contributed by atoms with Crippen molar-refractivity contribution >= 4 is 29.0 Å².